The fourth-order valence-electron chi connectivity index (χ4n) is 1.46. The van der Waals surface area contributed by atoms with Gasteiger partial charge >= 0.3 is 0 Å². The SMILES string of the molecule is Cc1ccccc1S(=O)(=O)NCCCC(N)=NO. The topological polar surface area (TPSA) is 105 Å². The summed E-state index contributed by atoms with van der Waals surface area (Å²) in [5, 5.41) is 11.1. The lowest BCUT2D eigenvalue weighted by atomic mass is 10.2. The van der Waals surface area contributed by atoms with E-state index in [-0.39, 0.29) is 17.3 Å². The van der Waals surface area contributed by atoms with Crippen LogP contribution in [0, 0.1) is 6.92 Å². The second-order valence-corrected chi connectivity index (χ2v) is 5.59. The van der Waals surface area contributed by atoms with Crippen LogP contribution in [0.4, 0.5) is 0 Å². The summed E-state index contributed by atoms with van der Waals surface area (Å²) in [6.45, 7) is 1.98. The number of oxime groups is 1. The zero-order valence-electron chi connectivity index (χ0n) is 10.1. The third-order valence-corrected chi connectivity index (χ3v) is 4.03. The molecule has 0 aliphatic rings. The van der Waals surface area contributed by atoms with Gasteiger partial charge in [0.2, 0.25) is 10.0 Å². The first-order valence-corrected chi connectivity index (χ1v) is 6.97. The minimum atomic E-state index is -3.49. The molecular weight excluding hydrogens is 254 g/mol. The maximum absolute atomic E-state index is 11.9. The summed E-state index contributed by atoms with van der Waals surface area (Å²) >= 11 is 0. The van der Waals surface area contributed by atoms with Crippen molar-refractivity contribution in [3.05, 3.63) is 29.8 Å². The van der Waals surface area contributed by atoms with E-state index < -0.39 is 10.0 Å². The molecule has 0 spiro atoms. The van der Waals surface area contributed by atoms with Crippen molar-refractivity contribution >= 4 is 15.9 Å². The molecule has 100 valence electrons. The van der Waals surface area contributed by atoms with Gasteiger partial charge in [0.15, 0.2) is 0 Å². The van der Waals surface area contributed by atoms with Gasteiger partial charge in [-0.1, -0.05) is 23.4 Å². The fourth-order valence-corrected chi connectivity index (χ4v) is 2.78. The molecule has 18 heavy (non-hydrogen) atoms. The molecule has 0 amide bonds. The number of aryl methyl sites for hydroxylation is 1. The predicted octanol–water partition coefficient (Wildman–Crippen LogP) is 0.800. The van der Waals surface area contributed by atoms with Gasteiger partial charge in [0.1, 0.15) is 5.84 Å². The Morgan fingerprint density at radius 1 is 1.44 bits per heavy atom. The molecule has 6 nitrogen and oxygen atoms in total. The molecule has 1 aromatic rings. The van der Waals surface area contributed by atoms with Crippen LogP contribution in [0.25, 0.3) is 0 Å². The van der Waals surface area contributed by atoms with E-state index in [9.17, 15) is 8.42 Å². The summed E-state index contributed by atoms with van der Waals surface area (Å²) in [4.78, 5) is 0.272. The van der Waals surface area contributed by atoms with Crippen molar-refractivity contribution in [2.45, 2.75) is 24.7 Å². The summed E-state index contributed by atoms with van der Waals surface area (Å²) in [7, 11) is -3.49. The van der Waals surface area contributed by atoms with E-state index in [1.807, 2.05) is 0 Å². The monoisotopic (exact) mass is 271 g/mol. The van der Waals surface area contributed by atoms with Gasteiger partial charge in [-0.2, -0.15) is 0 Å². The average molecular weight is 271 g/mol. The van der Waals surface area contributed by atoms with Gasteiger partial charge in [-0.3, -0.25) is 0 Å². The Morgan fingerprint density at radius 3 is 2.72 bits per heavy atom. The van der Waals surface area contributed by atoms with Crippen LogP contribution in [-0.4, -0.2) is 26.0 Å². The number of sulfonamides is 1. The van der Waals surface area contributed by atoms with Crippen LogP contribution < -0.4 is 10.5 Å². The average Bonchev–Trinajstić information content (AvgIpc) is 2.34. The van der Waals surface area contributed by atoms with Crippen molar-refractivity contribution in [2.75, 3.05) is 6.54 Å². The predicted molar refractivity (Wildman–Crippen MR) is 69.0 cm³/mol. The number of nitrogens with one attached hydrogen (secondary N) is 1. The number of rotatable bonds is 6. The highest BCUT2D eigenvalue weighted by molar-refractivity contribution is 7.89. The summed E-state index contributed by atoms with van der Waals surface area (Å²) in [5.74, 6) is 0.0880. The lowest BCUT2D eigenvalue weighted by molar-refractivity contribution is 0.316. The van der Waals surface area contributed by atoms with Crippen molar-refractivity contribution in [3.63, 3.8) is 0 Å². The molecule has 0 aliphatic carbocycles. The van der Waals surface area contributed by atoms with Gasteiger partial charge in [0, 0.05) is 13.0 Å². The highest BCUT2D eigenvalue weighted by Crippen LogP contribution is 2.13. The third-order valence-electron chi connectivity index (χ3n) is 2.41. The summed E-state index contributed by atoms with van der Waals surface area (Å²) in [6, 6.07) is 6.76. The molecule has 0 radical (unpaired) electrons. The largest absolute Gasteiger partial charge is 0.409 e. The van der Waals surface area contributed by atoms with Crippen molar-refractivity contribution in [3.8, 4) is 0 Å². The lowest BCUT2D eigenvalue weighted by Crippen LogP contribution is -2.26. The Labute approximate surface area is 107 Å². The highest BCUT2D eigenvalue weighted by Gasteiger charge is 2.15. The molecule has 0 unspecified atom stereocenters. The van der Waals surface area contributed by atoms with Crippen LogP contribution in [-0.2, 0) is 10.0 Å². The minimum absolute atomic E-state index is 0.0880. The van der Waals surface area contributed by atoms with Crippen LogP contribution >= 0.6 is 0 Å². The van der Waals surface area contributed by atoms with Gasteiger partial charge in [0.25, 0.3) is 0 Å². The van der Waals surface area contributed by atoms with Crippen LogP contribution in [0.2, 0.25) is 0 Å². The summed E-state index contributed by atoms with van der Waals surface area (Å²) < 4.78 is 26.4. The lowest BCUT2D eigenvalue weighted by Gasteiger charge is -2.08. The molecule has 1 aromatic carbocycles. The number of nitrogens with two attached hydrogens (primary N) is 1. The van der Waals surface area contributed by atoms with Crippen molar-refractivity contribution < 1.29 is 13.6 Å². The molecule has 0 bridgehead atoms. The molecule has 0 saturated heterocycles. The van der Waals surface area contributed by atoms with Crippen LogP contribution in [0.3, 0.4) is 0 Å². The Balaban J connectivity index is 2.59. The third kappa shape index (κ3) is 4.01. The minimum Gasteiger partial charge on any atom is -0.409 e. The second kappa shape index (κ2) is 6.36. The van der Waals surface area contributed by atoms with E-state index >= 15 is 0 Å². The molecule has 0 fully saturated rings. The zero-order valence-corrected chi connectivity index (χ0v) is 10.9. The number of amidine groups is 1. The van der Waals surface area contributed by atoms with Crippen molar-refractivity contribution in [1.29, 1.82) is 0 Å². The molecule has 7 heteroatoms. The maximum atomic E-state index is 11.9. The summed E-state index contributed by atoms with van der Waals surface area (Å²) in [6.07, 6.45) is 0.813. The maximum Gasteiger partial charge on any atom is 0.240 e. The molecule has 0 aliphatic heterocycles. The molecule has 0 aromatic heterocycles. The van der Waals surface area contributed by atoms with E-state index in [1.165, 1.54) is 0 Å². The van der Waals surface area contributed by atoms with Crippen LogP contribution in [0.5, 0.6) is 0 Å². The molecular formula is C11H17N3O3S. The second-order valence-electron chi connectivity index (χ2n) is 3.86. The quantitative estimate of drug-likeness (QED) is 0.234. The first-order valence-electron chi connectivity index (χ1n) is 5.49. The first-order chi connectivity index (χ1) is 8.47. The number of hydrogen-bond donors (Lipinski definition) is 3. The van der Waals surface area contributed by atoms with Gasteiger partial charge in [-0.25, -0.2) is 13.1 Å². The van der Waals surface area contributed by atoms with Crippen molar-refractivity contribution in [1.82, 2.24) is 4.72 Å². The molecule has 1 rings (SSSR count). The van der Waals surface area contributed by atoms with Crippen LogP contribution in [0.15, 0.2) is 34.3 Å². The van der Waals surface area contributed by atoms with Gasteiger partial charge < -0.3 is 10.9 Å². The Morgan fingerprint density at radius 2 is 2.11 bits per heavy atom. The van der Waals surface area contributed by atoms with Gasteiger partial charge in [-0.15, -0.1) is 0 Å². The van der Waals surface area contributed by atoms with E-state index in [4.69, 9.17) is 10.9 Å². The molecule has 4 N–H and O–H groups in total. The van der Waals surface area contributed by atoms with E-state index in [0.717, 1.165) is 0 Å². The standard InChI is InChI=1S/C11H17N3O3S/c1-9-5-2-3-6-10(9)18(16,17)13-8-4-7-11(12)14-15/h2-3,5-6,13,15H,4,7-8H2,1H3,(H2,12,14). The smallest absolute Gasteiger partial charge is 0.240 e. The molecule has 0 heterocycles. The van der Waals surface area contributed by atoms with Crippen molar-refractivity contribution in [2.24, 2.45) is 10.9 Å². The molecule has 0 atom stereocenters. The normalized spacial score (nSPS) is 12.6. The van der Waals surface area contributed by atoms with Gasteiger partial charge in [0.05, 0.1) is 4.90 Å². The fraction of sp³-hybridized carbons (Fsp3) is 0.364. The van der Waals surface area contributed by atoms with E-state index in [1.54, 1.807) is 31.2 Å². The number of benzene rings is 1. The molecule has 0 saturated carbocycles. The summed E-state index contributed by atoms with van der Waals surface area (Å²) in [5.41, 5.74) is 5.98. The highest BCUT2D eigenvalue weighted by atomic mass is 32.2. The van der Waals surface area contributed by atoms with Crippen LogP contribution in [0.1, 0.15) is 18.4 Å². The van der Waals surface area contributed by atoms with E-state index in [0.29, 0.717) is 18.4 Å². The Bertz CT molecular complexity index is 526. The Hall–Kier alpha value is -1.60. The number of nitrogens with zero attached hydrogens (tertiary/aromatic N) is 1. The van der Waals surface area contributed by atoms with Gasteiger partial charge in [-0.05, 0) is 25.0 Å². The Kier molecular flexibility index (Phi) is 5.11. The number of hydrogen-bond acceptors (Lipinski definition) is 4. The first kappa shape index (κ1) is 14.5. The van der Waals surface area contributed by atoms with E-state index in [2.05, 4.69) is 9.88 Å². The zero-order chi connectivity index (χ0) is 13.6.